The Morgan fingerprint density at radius 1 is 1.02 bits per heavy atom. The summed E-state index contributed by atoms with van der Waals surface area (Å²) >= 11 is 0. The number of rotatable bonds is 11. The zero-order chi connectivity index (χ0) is 27.7. The Morgan fingerprint density at radius 2 is 1.82 bits per heavy atom. The van der Waals surface area contributed by atoms with Crippen LogP contribution in [0, 0.1) is 13.8 Å². The molecule has 0 saturated carbocycles. The average molecular weight is 541 g/mol. The van der Waals surface area contributed by atoms with E-state index in [4.69, 9.17) is 9.72 Å². The van der Waals surface area contributed by atoms with Gasteiger partial charge in [0.25, 0.3) is 0 Å². The molecule has 0 aliphatic heterocycles. The number of aryl methyl sites for hydroxylation is 3. The van der Waals surface area contributed by atoms with Crippen LogP contribution in [0.3, 0.4) is 0 Å². The van der Waals surface area contributed by atoms with Crippen molar-refractivity contribution >= 4 is 6.09 Å². The molecule has 0 saturated heterocycles. The Bertz CT molecular complexity index is 1370. The molecule has 5 rings (SSSR count). The molecule has 208 valence electrons. The smallest absolute Gasteiger partial charge is 0.406 e. The van der Waals surface area contributed by atoms with Crippen molar-refractivity contribution in [3.63, 3.8) is 0 Å². The van der Waals surface area contributed by atoms with Crippen molar-refractivity contribution in [3.05, 3.63) is 101 Å². The maximum absolute atomic E-state index is 12.4. The number of hydrogen-bond acceptors (Lipinski definition) is 8. The van der Waals surface area contributed by atoms with E-state index in [-0.39, 0.29) is 6.04 Å². The van der Waals surface area contributed by atoms with Crippen LogP contribution < -0.4 is 15.4 Å². The second-order valence-corrected chi connectivity index (χ2v) is 10.1. The van der Waals surface area contributed by atoms with Crippen LogP contribution in [0.5, 0.6) is 5.75 Å². The molecule has 0 bridgehead atoms. The number of pyridine rings is 1. The lowest BCUT2D eigenvalue weighted by Crippen LogP contribution is -2.36. The highest BCUT2D eigenvalue weighted by atomic mass is 16.6. The average Bonchev–Trinajstić information content (AvgIpc) is 3.50. The van der Waals surface area contributed by atoms with E-state index in [1.807, 2.05) is 18.5 Å². The molecule has 1 aliphatic carbocycles. The zero-order valence-electron chi connectivity index (χ0n) is 23.1. The third-order valence-corrected chi connectivity index (χ3v) is 7.23. The summed E-state index contributed by atoms with van der Waals surface area (Å²) in [5.74, 6) is 1.33. The molecular weight excluding hydrogens is 504 g/mol. The van der Waals surface area contributed by atoms with Crippen molar-refractivity contribution in [3.8, 4) is 5.75 Å². The lowest BCUT2D eigenvalue weighted by Gasteiger charge is -2.35. The summed E-state index contributed by atoms with van der Waals surface area (Å²) in [6.07, 6.45) is 9.80. The van der Waals surface area contributed by atoms with Crippen LogP contribution in [0.1, 0.15) is 58.5 Å². The molecule has 3 N–H and O–H groups in total. The van der Waals surface area contributed by atoms with Crippen LogP contribution in [-0.4, -0.2) is 49.0 Å². The molecular formula is C30H36N8O2. The van der Waals surface area contributed by atoms with Crippen LogP contribution in [0.2, 0.25) is 0 Å². The van der Waals surface area contributed by atoms with E-state index in [0.29, 0.717) is 30.2 Å². The van der Waals surface area contributed by atoms with E-state index in [9.17, 15) is 4.79 Å². The summed E-state index contributed by atoms with van der Waals surface area (Å²) in [7, 11) is 0. The quantitative estimate of drug-likeness (QED) is 0.243. The fourth-order valence-corrected chi connectivity index (χ4v) is 5.14. The first-order valence-electron chi connectivity index (χ1n) is 13.8. The second-order valence-electron chi connectivity index (χ2n) is 10.1. The van der Waals surface area contributed by atoms with E-state index in [1.165, 1.54) is 23.1 Å². The summed E-state index contributed by atoms with van der Waals surface area (Å²) < 4.78 is 5.44. The van der Waals surface area contributed by atoms with Crippen molar-refractivity contribution in [1.29, 1.82) is 0 Å². The Labute approximate surface area is 234 Å². The third-order valence-electron chi connectivity index (χ3n) is 7.23. The van der Waals surface area contributed by atoms with Gasteiger partial charge in [-0.15, -0.1) is 0 Å². The van der Waals surface area contributed by atoms with Gasteiger partial charge in [-0.1, -0.05) is 30.3 Å². The maximum atomic E-state index is 12.4. The topological polar surface area (TPSA) is 121 Å². The van der Waals surface area contributed by atoms with Crippen molar-refractivity contribution in [2.75, 3.05) is 13.1 Å². The molecule has 1 aliphatic rings. The Balaban J connectivity index is 1.20. The van der Waals surface area contributed by atoms with E-state index in [2.05, 4.69) is 65.8 Å². The van der Waals surface area contributed by atoms with Gasteiger partial charge < -0.3 is 20.4 Å². The molecule has 10 heteroatoms. The molecule has 1 aromatic carbocycles. The van der Waals surface area contributed by atoms with Crippen LogP contribution in [0.15, 0.2) is 61.3 Å². The number of H-pyrrole nitrogens is 1. The number of hydrogen-bond donors (Lipinski definition) is 3. The molecule has 0 radical (unpaired) electrons. The van der Waals surface area contributed by atoms with Gasteiger partial charge in [-0.05, 0) is 55.9 Å². The molecule has 0 spiro atoms. The second kappa shape index (κ2) is 13.3. The monoisotopic (exact) mass is 540 g/mol. The van der Waals surface area contributed by atoms with Gasteiger partial charge in [0.15, 0.2) is 5.75 Å². The first kappa shape index (κ1) is 27.4. The maximum Gasteiger partial charge on any atom is 0.412 e. The van der Waals surface area contributed by atoms with Crippen LogP contribution in [0.25, 0.3) is 0 Å². The number of amides is 1. The van der Waals surface area contributed by atoms with E-state index < -0.39 is 6.09 Å². The Kier molecular flexibility index (Phi) is 9.10. The Hall–Kier alpha value is -4.15. The first-order valence-corrected chi connectivity index (χ1v) is 13.8. The predicted octanol–water partition coefficient (Wildman–Crippen LogP) is 4.17. The van der Waals surface area contributed by atoms with Gasteiger partial charge in [-0.3, -0.25) is 9.88 Å². The predicted molar refractivity (Wildman–Crippen MR) is 151 cm³/mol. The molecule has 4 aromatic rings. The number of nitrogens with one attached hydrogen (secondary N) is 3. The standard InChI is InChI=1S/C30H36N8O2/c1-21-29(22(2)37-20-36-21)40-30(39)35-17-23-8-10-24(11-9-23)19-38(16-15-31-18-27-32-13-14-33-27)26-7-3-5-25-6-4-12-34-28(25)26/h4,6,8-14,20,26,31H,3,5,7,15-19H2,1-2H3,(H,32,33)(H,35,39). The largest absolute Gasteiger partial charge is 0.412 e. The number of benzene rings is 1. The summed E-state index contributed by atoms with van der Waals surface area (Å²) in [5, 5.41) is 6.33. The highest BCUT2D eigenvalue weighted by molar-refractivity contribution is 5.70. The van der Waals surface area contributed by atoms with Gasteiger partial charge in [0, 0.05) is 44.8 Å². The molecule has 1 amide bonds. The first-order chi connectivity index (χ1) is 19.6. The summed E-state index contributed by atoms with van der Waals surface area (Å²) in [4.78, 5) is 35.3. The summed E-state index contributed by atoms with van der Waals surface area (Å²) in [5.41, 5.74) is 6.02. The highest BCUT2D eigenvalue weighted by Gasteiger charge is 2.27. The molecule has 3 aromatic heterocycles. The third kappa shape index (κ3) is 7.08. The fourth-order valence-electron chi connectivity index (χ4n) is 5.14. The Morgan fingerprint density at radius 3 is 2.60 bits per heavy atom. The molecule has 0 fully saturated rings. The van der Waals surface area contributed by atoms with Crippen LogP contribution in [-0.2, 0) is 26.1 Å². The summed E-state index contributed by atoms with van der Waals surface area (Å²) in [6.45, 7) is 7.19. The lowest BCUT2D eigenvalue weighted by molar-refractivity contribution is 0.166. The minimum Gasteiger partial charge on any atom is -0.406 e. The van der Waals surface area contributed by atoms with Crippen molar-refractivity contribution in [2.45, 2.75) is 58.8 Å². The van der Waals surface area contributed by atoms with Gasteiger partial charge in [0.1, 0.15) is 12.2 Å². The van der Waals surface area contributed by atoms with E-state index in [1.54, 1.807) is 20.0 Å². The van der Waals surface area contributed by atoms with Gasteiger partial charge in [0.05, 0.1) is 29.7 Å². The minimum absolute atomic E-state index is 0.278. The summed E-state index contributed by atoms with van der Waals surface area (Å²) in [6, 6.07) is 12.9. The van der Waals surface area contributed by atoms with Crippen molar-refractivity contribution in [2.24, 2.45) is 0 Å². The highest BCUT2D eigenvalue weighted by Crippen LogP contribution is 2.33. The number of aromatic amines is 1. The molecule has 1 unspecified atom stereocenters. The molecule has 10 nitrogen and oxygen atoms in total. The number of fused-ring (bicyclic) bond motifs is 1. The van der Waals surface area contributed by atoms with Crippen molar-refractivity contribution in [1.82, 2.24) is 40.5 Å². The number of carbonyl (C=O) groups is 1. The molecule has 40 heavy (non-hydrogen) atoms. The van der Waals surface area contributed by atoms with Gasteiger partial charge in [-0.25, -0.2) is 19.7 Å². The zero-order valence-corrected chi connectivity index (χ0v) is 23.1. The van der Waals surface area contributed by atoms with Gasteiger partial charge in [0.2, 0.25) is 0 Å². The molecule has 3 heterocycles. The number of carbonyl (C=O) groups excluding carboxylic acids is 1. The van der Waals surface area contributed by atoms with Gasteiger partial charge >= 0.3 is 6.09 Å². The SMILES string of the molecule is Cc1ncnc(C)c1OC(=O)NCc1ccc(CN(CCNCc2ncc[nH]2)C2CCCc3cccnc32)cc1. The van der Waals surface area contributed by atoms with Crippen LogP contribution in [0.4, 0.5) is 4.79 Å². The van der Waals surface area contributed by atoms with E-state index in [0.717, 1.165) is 50.3 Å². The van der Waals surface area contributed by atoms with E-state index >= 15 is 0 Å². The minimum atomic E-state index is -0.526. The molecule has 1 atom stereocenters. The normalized spacial score (nSPS) is 14.6. The number of imidazole rings is 1. The number of nitrogens with zero attached hydrogens (tertiary/aromatic N) is 5. The van der Waals surface area contributed by atoms with Gasteiger partial charge in [-0.2, -0.15) is 0 Å². The lowest BCUT2D eigenvalue weighted by atomic mass is 9.90. The number of ether oxygens (including phenoxy) is 1. The van der Waals surface area contributed by atoms with Crippen molar-refractivity contribution < 1.29 is 9.53 Å². The fraction of sp³-hybridized carbons (Fsp3) is 0.367. The van der Waals surface area contributed by atoms with Crippen LogP contribution >= 0.6 is 0 Å². The number of aromatic nitrogens is 5.